The molecule has 0 aromatic carbocycles. The Morgan fingerprint density at radius 3 is 2.25 bits per heavy atom. The van der Waals surface area contributed by atoms with Crippen molar-refractivity contribution < 1.29 is 4.74 Å². The highest BCUT2D eigenvalue weighted by atomic mass is 16.5. The van der Waals surface area contributed by atoms with Crippen LogP contribution in [0.4, 0.5) is 0 Å². The first-order chi connectivity index (χ1) is 7.79. The zero-order valence-electron chi connectivity index (χ0n) is 10.9. The average Bonchev–Trinajstić information content (AvgIpc) is 2.33. The van der Waals surface area contributed by atoms with Gasteiger partial charge in [-0.15, -0.1) is 0 Å². The van der Waals surface area contributed by atoms with Crippen LogP contribution < -0.4 is 5.32 Å². The van der Waals surface area contributed by atoms with Crippen molar-refractivity contribution in [2.45, 2.75) is 76.5 Å². The van der Waals surface area contributed by atoms with Gasteiger partial charge in [-0.2, -0.15) is 0 Å². The molecule has 2 aliphatic carbocycles. The molecular formula is C14H27NO. The maximum absolute atomic E-state index is 5.42. The van der Waals surface area contributed by atoms with Crippen LogP contribution in [0.1, 0.15) is 58.3 Å². The standard InChI is InChI=1S/C14H27NO/c1-11-5-3-4-6-14(11)15-12-7-9-13(16-2)10-8-12/h11-15H,3-10H2,1-2H3. The van der Waals surface area contributed by atoms with Crippen molar-refractivity contribution in [3.63, 3.8) is 0 Å². The molecule has 0 aliphatic heterocycles. The van der Waals surface area contributed by atoms with Gasteiger partial charge >= 0.3 is 0 Å². The number of nitrogens with one attached hydrogen (secondary N) is 1. The van der Waals surface area contributed by atoms with Crippen LogP contribution in [0, 0.1) is 5.92 Å². The summed E-state index contributed by atoms with van der Waals surface area (Å²) in [5.41, 5.74) is 0. The Morgan fingerprint density at radius 2 is 1.62 bits per heavy atom. The molecule has 2 atom stereocenters. The predicted molar refractivity (Wildman–Crippen MR) is 67.6 cm³/mol. The quantitative estimate of drug-likeness (QED) is 0.797. The van der Waals surface area contributed by atoms with Crippen LogP contribution in [0.5, 0.6) is 0 Å². The molecular weight excluding hydrogens is 198 g/mol. The van der Waals surface area contributed by atoms with Crippen molar-refractivity contribution in [3.8, 4) is 0 Å². The summed E-state index contributed by atoms with van der Waals surface area (Å²) in [7, 11) is 1.85. The molecule has 0 aromatic rings. The van der Waals surface area contributed by atoms with E-state index in [0.29, 0.717) is 6.10 Å². The van der Waals surface area contributed by atoms with E-state index >= 15 is 0 Å². The van der Waals surface area contributed by atoms with Gasteiger partial charge in [0.15, 0.2) is 0 Å². The van der Waals surface area contributed by atoms with Gasteiger partial charge in [-0.3, -0.25) is 0 Å². The van der Waals surface area contributed by atoms with Crippen molar-refractivity contribution in [1.82, 2.24) is 5.32 Å². The Bertz CT molecular complexity index is 199. The molecule has 16 heavy (non-hydrogen) atoms. The van der Waals surface area contributed by atoms with E-state index in [2.05, 4.69) is 12.2 Å². The first-order valence-corrected chi connectivity index (χ1v) is 7.08. The Labute approximate surface area is 100 Å². The first kappa shape index (κ1) is 12.4. The first-order valence-electron chi connectivity index (χ1n) is 7.08. The summed E-state index contributed by atoms with van der Waals surface area (Å²) in [5, 5.41) is 3.90. The predicted octanol–water partition coefficient (Wildman–Crippen LogP) is 3.11. The number of hydrogen-bond donors (Lipinski definition) is 1. The molecule has 2 saturated carbocycles. The lowest BCUT2D eigenvalue weighted by atomic mass is 9.84. The molecule has 2 nitrogen and oxygen atoms in total. The van der Waals surface area contributed by atoms with Gasteiger partial charge in [0.05, 0.1) is 6.10 Å². The fraction of sp³-hybridized carbons (Fsp3) is 1.00. The van der Waals surface area contributed by atoms with Gasteiger partial charge in [-0.05, 0) is 44.4 Å². The molecule has 0 bridgehead atoms. The van der Waals surface area contributed by atoms with Crippen molar-refractivity contribution in [2.24, 2.45) is 5.92 Å². The summed E-state index contributed by atoms with van der Waals surface area (Å²) in [5.74, 6) is 0.883. The minimum Gasteiger partial charge on any atom is -0.381 e. The summed E-state index contributed by atoms with van der Waals surface area (Å²) in [6, 6.07) is 1.55. The van der Waals surface area contributed by atoms with Gasteiger partial charge in [-0.1, -0.05) is 19.8 Å². The summed E-state index contributed by atoms with van der Waals surface area (Å²) in [6.07, 6.45) is 11.3. The van der Waals surface area contributed by atoms with E-state index in [-0.39, 0.29) is 0 Å². The molecule has 0 radical (unpaired) electrons. The zero-order chi connectivity index (χ0) is 11.4. The monoisotopic (exact) mass is 225 g/mol. The highest BCUT2D eigenvalue weighted by molar-refractivity contribution is 4.84. The van der Waals surface area contributed by atoms with Crippen LogP contribution >= 0.6 is 0 Å². The fourth-order valence-corrected chi connectivity index (χ4v) is 3.33. The van der Waals surface area contributed by atoms with Crippen LogP contribution in [0.15, 0.2) is 0 Å². The van der Waals surface area contributed by atoms with Gasteiger partial charge in [0, 0.05) is 19.2 Å². The summed E-state index contributed by atoms with van der Waals surface area (Å²) >= 11 is 0. The smallest absolute Gasteiger partial charge is 0.0572 e. The highest BCUT2D eigenvalue weighted by Gasteiger charge is 2.26. The summed E-state index contributed by atoms with van der Waals surface area (Å²) in [6.45, 7) is 2.41. The number of methoxy groups -OCH3 is 1. The Hall–Kier alpha value is -0.0800. The number of hydrogen-bond acceptors (Lipinski definition) is 2. The fourth-order valence-electron chi connectivity index (χ4n) is 3.33. The van der Waals surface area contributed by atoms with Crippen molar-refractivity contribution in [1.29, 1.82) is 0 Å². The maximum atomic E-state index is 5.42. The van der Waals surface area contributed by atoms with Crippen molar-refractivity contribution in [3.05, 3.63) is 0 Å². The zero-order valence-corrected chi connectivity index (χ0v) is 10.9. The van der Waals surface area contributed by atoms with E-state index in [1.807, 2.05) is 7.11 Å². The lowest BCUT2D eigenvalue weighted by molar-refractivity contribution is 0.0590. The second kappa shape index (κ2) is 6.02. The highest BCUT2D eigenvalue weighted by Crippen LogP contribution is 2.27. The molecule has 0 heterocycles. The second-order valence-corrected chi connectivity index (χ2v) is 5.74. The third-order valence-corrected chi connectivity index (χ3v) is 4.57. The van der Waals surface area contributed by atoms with Gasteiger partial charge in [0.1, 0.15) is 0 Å². The third-order valence-electron chi connectivity index (χ3n) is 4.57. The molecule has 0 amide bonds. The SMILES string of the molecule is COC1CCC(NC2CCCCC2C)CC1. The van der Waals surface area contributed by atoms with E-state index in [9.17, 15) is 0 Å². The van der Waals surface area contributed by atoms with Crippen molar-refractivity contribution in [2.75, 3.05) is 7.11 Å². The lowest BCUT2D eigenvalue weighted by Gasteiger charge is -2.36. The van der Waals surface area contributed by atoms with Crippen LogP contribution in [-0.2, 0) is 4.74 Å². The molecule has 2 fully saturated rings. The average molecular weight is 225 g/mol. The molecule has 94 valence electrons. The summed E-state index contributed by atoms with van der Waals surface area (Å²) in [4.78, 5) is 0. The Kier molecular flexibility index (Phi) is 4.66. The van der Waals surface area contributed by atoms with Crippen LogP contribution in [0.3, 0.4) is 0 Å². The van der Waals surface area contributed by atoms with Gasteiger partial charge in [0.25, 0.3) is 0 Å². The largest absolute Gasteiger partial charge is 0.381 e. The van der Waals surface area contributed by atoms with Crippen LogP contribution in [0.25, 0.3) is 0 Å². The van der Waals surface area contributed by atoms with E-state index < -0.39 is 0 Å². The topological polar surface area (TPSA) is 21.3 Å². The normalized spacial score (nSPS) is 40.9. The molecule has 1 N–H and O–H groups in total. The number of rotatable bonds is 3. The molecule has 2 rings (SSSR count). The lowest BCUT2D eigenvalue weighted by Crippen LogP contribution is -2.45. The molecule has 2 unspecified atom stereocenters. The van der Waals surface area contributed by atoms with Crippen LogP contribution in [-0.4, -0.2) is 25.3 Å². The molecule has 0 aromatic heterocycles. The minimum absolute atomic E-state index is 0.529. The third kappa shape index (κ3) is 3.21. The van der Waals surface area contributed by atoms with E-state index in [0.717, 1.165) is 18.0 Å². The summed E-state index contributed by atoms with van der Waals surface area (Å²) < 4.78 is 5.42. The molecule has 2 aliphatic rings. The maximum Gasteiger partial charge on any atom is 0.0572 e. The van der Waals surface area contributed by atoms with Gasteiger partial charge in [0.2, 0.25) is 0 Å². The number of ether oxygens (including phenoxy) is 1. The second-order valence-electron chi connectivity index (χ2n) is 5.74. The van der Waals surface area contributed by atoms with Gasteiger partial charge < -0.3 is 10.1 Å². The van der Waals surface area contributed by atoms with Crippen molar-refractivity contribution >= 4 is 0 Å². The van der Waals surface area contributed by atoms with Crippen LogP contribution in [0.2, 0.25) is 0 Å². The molecule has 0 saturated heterocycles. The van der Waals surface area contributed by atoms with E-state index in [4.69, 9.17) is 4.74 Å². The Balaban J connectivity index is 1.73. The molecule has 2 heteroatoms. The van der Waals surface area contributed by atoms with Gasteiger partial charge in [-0.25, -0.2) is 0 Å². The molecule has 0 spiro atoms. The minimum atomic E-state index is 0.529. The Morgan fingerprint density at radius 1 is 0.938 bits per heavy atom. The van der Waals surface area contributed by atoms with E-state index in [1.165, 1.54) is 51.4 Å². The van der Waals surface area contributed by atoms with E-state index in [1.54, 1.807) is 0 Å².